The molecule has 0 saturated carbocycles. The second-order valence-electron chi connectivity index (χ2n) is 6.03. The summed E-state index contributed by atoms with van der Waals surface area (Å²) in [6.07, 6.45) is 0. The van der Waals surface area contributed by atoms with Crippen molar-refractivity contribution in [3.05, 3.63) is 58.1 Å². The summed E-state index contributed by atoms with van der Waals surface area (Å²) >= 11 is 5.99. The topological polar surface area (TPSA) is 120 Å². The molecule has 0 aliphatic rings. The van der Waals surface area contributed by atoms with E-state index in [4.69, 9.17) is 32.5 Å². The number of nitriles is 1. The predicted octanol–water partition coefficient (Wildman–Crippen LogP) is 3.73. The Kier molecular flexibility index (Phi) is 5.52. The van der Waals surface area contributed by atoms with Crippen LogP contribution in [0.1, 0.15) is 16.7 Å². The SMILES string of the molecule is COc1ccc(-c2nc(N)nc(N)c2C#N)cc1COc1ccc(Cl)cc1C. The van der Waals surface area contributed by atoms with Gasteiger partial charge in [-0.25, -0.2) is 4.98 Å². The van der Waals surface area contributed by atoms with E-state index in [1.165, 1.54) is 0 Å². The van der Waals surface area contributed by atoms with Crippen LogP contribution in [0, 0.1) is 18.3 Å². The first kappa shape index (κ1) is 19.3. The number of aryl methyl sites for hydroxylation is 1. The number of nitrogen functional groups attached to an aromatic ring is 2. The quantitative estimate of drug-likeness (QED) is 0.675. The van der Waals surface area contributed by atoms with Crippen molar-refractivity contribution in [1.29, 1.82) is 5.26 Å². The number of methoxy groups -OCH3 is 1. The van der Waals surface area contributed by atoms with Crippen LogP contribution in [-0.4, -0.2) is 17.1 Å². The number of nitrogens with two attached hydrogens (primary N) is 2. The van der Waals surface area contributed by atoms with E-state index in [0.29, 0.717) is 27.8 Å². The van der Waals surface area contributed by atoms with Crippen LogP contribution in [0.2, 0.25) is 5.02 Å². The highest BCUT2D eigenvalue weighted by molar-refractivity contribution is 6.30. The first-order chi connectivity index (χ1) is 13.4. The van der Waals surface area contributed by atoms with Gasteiger partial charge in [0.05, 0.1) is 12.8 Å². The number of hydrogen-bond donors (Lipinski definition) is 2. The van der Waals surface area contributed by atoms with E-state index in [0.717, 1.165) is 11.1 Å². The highest BCUT2D eigenvalue weighted by Crippen LogP contribution is 2.31. The van der Waals surface area contributed by atoms with Crippen molar-refractivity contribution < 1.29 is 9.47 Å². The minimum atomic E-state index is -0.00286. The van der Waals surface area contributed by atoms with Crippen molar-refractivity contribution in [2.24, 2.45) is 0 Å². The minimum absolute atomic E-state index is 0.00286. The second-order valence-corrected chi connectivity index (χ2v) is 6.46. The normalized spacial score (nSPS) is 10.4. The molecule has 0 saturated heterocycles. The fourth-order valence-electron chi connectivity index (χ4n) is 2.78. The zero-order valence-electron chi connectivity index (χ0n) is 15.4. The van der Waals surface area contributed by atoms with E-state index in [9.17, 15) is 5.26 Å². The van der Waals surface area contributed by atoms with Gasteiger partial charge < -0.3 is 20.9 Å². The first-order valence-corrected chi connectivity index (χ1v) is 8.70. The molecule has 7 nitrogen and oxygen atoms in total. The molecular weight excluding hydrogens is 378 g/mol. The molecule has 0 aliphatic carbocycles. The van der Waals surface area contributed by atoms with Crippen LogP contribution in [0.3, 0.4) is 0 Å². The molecule has 28 heavy (non-hydrogen) atoms. The van der Waals surface area contributed by atoms with Crippen LogP contribution in [0.15, 0.2) is 36.4 Å². The lowest BCUT2D eigenvalue weighted by Crippen LogP contribution is -2.06. The lowest BCUT2D eigenvalue weighted by Gasteiger charge is -2.14. The molecule has 0 bridgehead atoms. The molecule has 3 aromatic rings. The van der Waals surface area contributed by atoms with Gasteiger partial charge in [-0.3, -0.25) is 0 Å². The summed E-state index contributed by atoms with van der Waals surface area (Å²) < 4.78 is 11.4. The van der Waals surface area contributed by atoms with Crippen molar-refractivity contribution in [3.8, 4) is 28.8 Å². The minimum Gasteiger partial charge on any atom is -0.496 e. The Morgan fingerprint density at radius 1 is 1.11 bits per heavy atom. The Morgan fingerprint density at radius 3 is 2.54 bits per heavy atom. The Bertz CT molecular complexity index is 1080. The number of anilines is 2. The molecule has 4 N–H and O–H groups in total. The van der Waals surface area contributed by atoms with Crippen molar-refractivity contribution in [1.82, 2.24) is 9.97 Å². The van der Waals surface area contributed by atoms with Gasteiger partial charge in [0, 0.05) is 16.1 Å². The standard InChI is InChI=1S/C20H18ClN5O2/c1-11-7-14(21)4-6-16(11)28-10-13-8-12(3-5-17(13)27-2)18-15(9-22)19(23)26-20(24)25-18/h3-8H,10H2,1-2H3,(H4,23,24,25,26). The molecule has 2 aromatic carbocycles. The Morgan fingerprint density at radius 2 is 1.86 bits per heavy atom. The fraction of sp³-hybridized carbons (Fsp3) is 0.150. The molecule has 0 fully saturated rings. The molecule has 0 spiro atoms. The smallest absolute Gasteiger partial charge is 0.222 e. The van der Waals surface area contributed by atoms with Gasteiger partial charge in [-0.15, -0.1) is 0 Å². The van der Waals surface area contributed by atoms with Crippen molar-refractivity contribution in [3.63, 3.8) is 0 Å². The number of aromatic nitrogens is 2. The molecule has 0 amide bonds. The molecule has 0 atom stereocenters. The maximum absolute atomic E-state index is 9.42. The number of rotatable bonds is 5. The van der Waals surface area contributed by atoms with E-state index >= 15 is 0 Å². The zero-order chi connectivity index (χ0) is 20.3. The predicted molar refractivity (Wildman–Crippen MR) is 108 cm³/mol. The highest BCUT2D eigenvalue weighted by Gasteiger charge is 2.15. The molecule has 1 aromatic heterocycles. The van der Waals surface area contributed by atoms with Crippen molar-refractivity contribution in [2.75, 3.05) is 18.6 Å². The summed E-state index contributed by atoms with van der Waals surface area (Å²) in [7, 11) is 1.58. The summed E-state index contributed by atoms with van der Waals surface area (Å²) in [5.74, 6) is 1.39. The third-order valence-corrected chi connectivity index (χ3v) is 4.38. The molecule has 142 valence electrons. The largest absolute Gasteiger partial charge is 0.496 e. The van der Waals surface area contributed by atoms with Crippen LogP contribution in [0.5, 0.6) is 11.5 Å². The summed E-state index contributed by atoms with van der Waals surface area (Å²) in [6, 6.07) is 12.8. The number of halogens is 1. The highest BCUT2D eigenvalue weighted by atomic mass is 35.5. The molecular formula is C20H18ClN5O2. The number of benzene rings is 2. The van der Waals surface area contributed by atoms with Crippen LogP contribution in [-0.2, 0) is 6.61 Å². The molecule has 3 rings (SSSR count). The van der Waals surface area contributed by atoms with Gasteiger partial charge in [-0.2, -0.15) is 10.2 Å². The van der Waals surface area contributed by atoms with Crippen LogP contribution in [0.25, 0.3) is 11.3 Å². The molecule has 0 aliphatic heterocycles. The Labute approximate surface area is 167 Å². The van der Waals surface area contributed by atoms with Gasteiger partial charge in [0.25, 0.3) is 0 Å². The number of hydrogen-bond acceptors (Lipinski definition) is 7. The number of nitrogens with zero attached hydrogens (tertiary/aromatic N) is 3. The van der Waals surface area contributed by atoms with Gasteiger partial charge in [0.2, 0.25) is 5.95 Å². The van der Waals surface area contributed by atoms with Gasteiger partial charge in [0.1, 0.15) is 35.6 Å². The lowest BCUT2D eigenvalue weighted by atomic mass is 10.0. The summed E-state index contributed by atoms with van der Waals surface area (Å²) in [4.78, 5) is 8.02. The van der Waals surface area contributed by atoms with Crippen LogP contribution in [0.4, 0.5) is 11.8 Å². The van der Waals surface area contributed by atoms with E-state index < -0.39 is 0 Å². The summed E-state index contributed by atoms with van der Waals surface area (Å²) in [6.45, 7) is 2.16. The monoisotopic (exact) mass is 395 g/mol. The number of ether oxygens (including phenoxy) is 2. The first-order valence-electron chi connectivity index (χ1n) is 8.32. The van der Waals surface area contributed by atoms with Crippen LogP contribution < -0.4 is 20.9 Å². The third-order valence-electron chi connectivity index (χ3n) is 4.14. The van der Waals surface area contributed by atoms with E-state index in [-0.39, 0.29) is 23.9 Å². The van der Waals surface area contributed by atoms with Gasteiger partial charge in [0.15, 0.2) is 0 Å². The molecule has 8 heteroatoms. The fourth-order valence-corrected chi connectivity index (χ4v) is 3.01. The Hall–Kier alpha value is -3.50. The van der Waals surface area contributed by atoms with Gasteiger partial charge >= 0.3 is 0 Å². The average Bonchev–Trinajstić information content (AvgIpc) is 2.66. The lowest BCUT2D eigenvalue weighted by molar-refractivity contribution is 0.295. The van der Waals surface area contributed by atoms with Gasteiger partial charge in [-0.1, -0.05) is 11.6 Å². The third kappa shape index (κ3) is 3.92. The zero-order valence-corrected chi connectivity index (χ0v) is 16.1. The Balaban J connectivity index is 1.98. The molecule has 0 unspecified atom stereocenters. The second kappa shape index (κ2) is 8.03. The maximum atomic E-state index is 9.42. The molecule has 0 radical (unpaired) electrons. The van der Waals surface area contributed by atoms with Crippen LogP contribution >= 0.6 is 11.6 Å². The summed E-state index contributed by atoms with van der Waals surface area (Å²) in [5.41, 5.74) is 14.4. The van der Waals surface area contributed by atoms with E-state index in [1.54, 1.807) is 25.3 Å². The van der Waals surface area contributed by atoms with E-state index in [1.807, 2.05) is 31.2 Å². The van der Waals surface area contributed by atoms with Crippen molar-refractivity contribution in [2.45, 2.75) is 13.5 Å². The maximum Gasteiger partial charge on any atom is 0.222 e. The summed E-state index contributed by atoms with van der Waals surface area (Å²) in [5, 5.41) is 10.1. The molecule has 1 heterocycles. The average molecular weight is 396 g/mol. The van der Waals surface area contributed by atoms with E-state index in [2.05, 4.69) is 9.97 Å². The van der Waals surface area contributed by atoms with Crippen molar-refractivity contribution >= 4 is 23.4 Å². The van der Waals surface area contributed by atoms with Gasteiger partial charge in [-0.05, 0) is 48.9 Å².